The Morgan fingerprint density at radius 3 is 2.50 bits per heavy atom. The zero-order chi connectivity index (χ0) is 20.7. The van der Waals surface area contributed by atoms with Crippen LogP contribution in [0, 0.1) is 6.92 Å². The Balaban J connectivity index is 2.17. The topological polar surface area (TPSA) is 104 Å². The largest absolute Gasteiger partial charge is 0.355 e. The first-order valence-electron chi connectivity index (χ1n) is 8.67. The summed E-state index contributed by atoms with van der Waals surface area (Å²) in [6, 6.07) is 10.7. The molecule has 7 nitrogen and oxygen atoms in total. The molecular formula is C19H22ClN3O4S. The second-order valence-corrected chi connectivity index (χ2v) is 8.24. The fraction of sp³-hybridized carbons (Fsp3) is 0.263. The first-order valence-corrected chi connectivity index (χ1v) is 10.5. The van der Waals surface area contributed by atoms with Gasteiger partial charge in [0.25, 0.3) is 15.9 Å². The van der Waals surface area contributed by atoms with Gasteiger partial charge in [0.2, 0.25) is 5.91 Å². The van der Waals surface area contributed by atoms with E-state index >= 15 is 0 Å². The van der Waals surface area contributed by atoms with E-state index in [4.69, 9.17) is 11.6 Å². The van der Waals surface area contributed by atoms with Crippen molar-refractivity contribution >= 4 is 39.1 Å². The van der Waals surface area contributed by atoms with Crippen LogP contribution in [-0.4, -0.2) is 33.3 Å². The van der Waals surface area contributed by atoms with E-state index in [-0.39, 0.29) is 27.9 Å². The molecule has 0 aliphatic rings. The molecule has 0 unspecified atom stereocenters. The van der Waals surface area contributed by atoms with Crippen LogP contribution in [0.3, 0.4) is 0 Å². The highest BCUT2D eigenvalue weighted by atomic mass is 35.5. The second-order valence-electron chi connectivity index (χ2n) is 6.15. The fourth-order valence-electron chi connectivity index (χ4n) is 2.35. The molecule has 0 heterocycles. The van der Waals surface area contributed by atoms with Gasteiger partial charge in [-0.1, -0.05) is 30.7 Å². The van der Waals surface area contributed by atoms with Crippen LogP contribution in [0.2, 0.25) is 5.02 Å². The van der Waals surface area contributed by atoms with Crippen molar-refractivity contribution in [1.82, 2.24) is 10.6 Å². The molecule has 0 aliphatic carbocycles. The minimum atomic E-state index is -3.91. The molecule has 150 valence electrons. The van der Waals surface area contributed by atoms with Crippen LogP contribution in [-0.2, 0) is 14.8 Å². The highest BCUT2D eigenvalue weighted by Crippen LogP contribution is 2.23. The molecule has 0 aromatic heterocycles. The summed E-state index contributed by atoms with van der Waals surface area (Å²) in [5.74, 6) is -0.972. The van der Waals surface area contributed by atoms with Gasteiger partial charge in [0.15, 0.2) is 0 Å². The maximum atomic E-state index is 12.6. The van der Waals surface area contributed by atoms with Crippen LogP contribution in [0.5, 0.6) is 0 Å². The molecule has 2 aromatic rings. The predicted octanol–water partition coefficient (Wildman–Crippen LogP) is 2.71. The van der Waals surface area contributed by atoms with Crippen molar-refractivity contribution in [3.05, 3.63) is 58.6 Å². The van der Waals surface area contributed by atoms with Gasteiger partial charge in [0.1, 0.15) is 0 Å². The van der Waals surface area contributed by atoms with Crippen molar-refractivity contribution in [3.63, 3.8) is 0 Å². The van der Waals surface area contributed by atoms with Crippen LogP contribution < -0.4 is 15.4 Å². The summed E-state index contributed by atoms with van der Waals surface area (Å²) in [7, 11) is -3.91. The van der Waals surface area contributed by atoms with E-state index in [0.29, 0.717) is 12.2 Å². The SMILES string of the molecule is CCCNC(=O)CNC(=O)c1cc(S(=O)(=O)Nc2cccc(C)c2)ccc1Cl. The molecule has 0 radical (unpaired) electrons. The summed E-state index contributed by atoms with van der Waals surface area (Å²) in [6.07, 6.45) is 0.777. The Morgan fingerprint density at radius 2 is 1.82 bits per heavy atom. The first kappa shape index (κ1) is 21.7. The normalized spacial score (nSPS) is 11.0. The van der Waals surface area contributed by atoms with Gasteiger partial charge >= 0.3 is 0 Å². The Bertz CT molecular complexity index is 977. The lowest BCUT2D eigenvalue weighted by atomic mass is 10.2. The number of aryl methyl sites for hydroxylation is 1. The molecule has 9 heteroatoms. The molecule has 3 N–H and O–H groups in total. The molecule has 0 aliphatic heterocycles. The summed E-state index contributed by atoms with van der Waals surface area (Å²) in [5, 5.41) is 5.15. The minimum absolute atomic E-state index is 0.0305. The van der Waals surface area contributed by atoms with Crippen LogP contribution in [0.1, 0.15) is 29.3 Å². The molecule has 0 bridgehead atoms. The van der Waals surface area contributed by atoms with Crippen LogP contribution in [0.15, 0.2) is 47.4 Å². The maximum absolute atomic E-state index is 12.6. The van der Waals surface area contributed by atoms with Crippen molar-refractivity contribution < 1.29 is 18.0 Å². The third-order valence-electron chi connectivity index (χ3n) is 3.74. The van der Waals surface area contributed by atoms with Crippen molar-refractivity contribution in [2.45, 2.75) is 25.2 Å². The quantitative estimate of drug-likeness (QED) is 0.607. The van der Waals surface area contributed by atoms with Crippen molar-refractivity contribution in [3.8, 4) is 0 Å². The number of carbonyl (C=O) groups is 2. The van der Waals surface area contributed by atoms with Crippen molar-refractivity contribution in [2.24, 2.45) is 0 Å². The smallest absolute Gasteiger partial charge is 0.261 e. The molecule has 0 atom stereocenters. The van der Waals surface area contributed by atoms with Crippen LogP contribution in [0.4, 0.5) is 5.69 Å². The zero-order valence-corrected chi connectivity index (χ0v) is 17.2. The van der Waals surface area contributed by atoms with Gasteiger partial charge in [-0.25, -0.2) is 8.42 Å². The van der Waals surface area contributed by atoms with Gasteiger partial charge in [-0.05, 0) is 49.2 Å². The highest BCUT2D eigenvalue weighted by Gasteiger charge is 2.19. The number of rotatable bonds is 8. The van der Waals surface area contributed by atoms with Gasteiger partial charge < -0.3 is 10.6 Å². The third kappa shape index (κ3) is 5.97. The van der Waals surface area contributed by atoms with E-state index in [1.807, 2.05) is 19.9 Å². The van der Waals surface area contributed by atoms with Crippen LogP contribution in [0.25, 0.3) is 0 Å². The fourth-order valence-corrected chi connectivity index (χ4v) is 3.63. The standard InChI is InChI=1S/C19H22ClN3O4S/c1-3-9-21-18(24)12-22-19(25)16-11-15(7-8-17(16)20)28(26,27)23-14-6-4-5-13(2)10-14/h4-8,10-11,23H,3,9,12H2,1-2H3,(H,21,24)(H,22,25). The van der Waals surface area contributed by atoms with Crippen molar-refractivity contribution in [1.29, 1.82) is 0 Å². The number of hydrogen-bond acceptors (Lipinski definition) is 4. The Hall–Kier alpha value is -2.58. The van der Waals surface area contributed by atoms with E-state index in [1.165, 1.54) is 18.2 Å². The van der Waals surface area contributed by atoms with E-state index in [2.05, 4.69) is 15.4 Å². The van der Waals surface area contributed by atoms with Gasteiger partial charge in [0, 0.05) is 12.2 Å². The summed E-state index contributed by atoms with van der Waals surface area (Å²) < 4.78 is 27.7. The van der Waals surface area contributed by atoms with E-state index in [9.17, 15) is 18.0 Å². The maximum Gasteiger partial charge on any atom is 0.261 e. The summed E-state index contributed by atoms with van der Waals surface area (Å²) >= 11 is 6.04. The molecule has 0 saturated carbocycles. The second kappa shape index (κ2) is 9.57. The average Bonchev–Trinajstić information content (AvgIpc) is 2.64. The average molecular weight is 424 g/mol. The van der Waals surface area contributed by atoms with E-state index in [0.717, 1.165) is 12.0 Å². The van der Waals surface area contributed by atoms with E-state index < -0.39 is 15.9 Å². The molecule has 28 heavy (non-hydrogen) atoms. The number of halogens is 1. The number of amides is 2. The highest BCUT2D eigenvalue weighted by molar-refractivity contribution is 7.92. The van der Waals surface area contributed by atoms with Gasteiger partial charge in [-0.2, -0.15) is 0 Å². The molecule has 0 spiro atoms. The number of hydrogen-bond donors (Lipinski definition) is 3. The molecule has 2 rings (SSSR count). The van der Waals surface area contributed by atoms with Gasteiger partial charge in [-0.15, -0.1) is 0 Å². The molecule has 0 fully saturated rings. The first-order chi connectivity index (χ1) is 13.2. The van der Waals surface area contributed by atoms with Gasteiger partial charge in [0.05, 0.1) is 22.0 Å². The zero-order valence-electron chi connectivity index (χ0n) is 15.6. The monoisotopic (exact) mass is 423 g/mol. The Labute approximate surface area is 169 Å². The molecule has 2 aromatic carbocycles. The number of benzene rings is 2. The summed E-state index contributed by atoms with van der Waals surface area (Å²) in [6.45, 7) is 4.04. The molecule has 0 saturated heterocycles. The third-order valence-corrected chi connectivity index (χ3v) is 5.45. The lowest BCUT2D eigenvalue weighted by molar-refractivity contribution is -0.120. The summed E-state index contributed by atoms with van der Waals surface area (Å²) in [4.78, 5) is 23.8. The van der Waals surface area contributed by atoms with Crippen molar-refractivity contribution in [2.75, 3.05) is 17.8 Å². The lowest BCUT2D eigenvalue weighted by Gasteiger charge is -2.11. The van der Waals surface area contributed by atoms with E-state index in [1.54, 1.807) is 18.2 Å². The number of anilines is 1. The van der Waals surface area contributed by atoms with Crippen LogP contribution >= 0.6 is 11.6 Å². The molecule has 2 amide bonds. The number of carbonyl (C=O) groups excluding carboxylic acids is 2. The molecular weight excluding hydrogens is 402 g/mol. The predicted molar refractivity (Wildman–Crippen MR) is 109 cm³/mol. The number of sulfonamides is 1. The number of nitrogens with one attached hydrogen (secondary N) is 3. The van der Waals surface area contributed by atoms with Gasteiger partial charge in [-0.3, -0.25) is 14.3 Å². The Morgan fingerprint density at radius 1 is 1.07 bits per heavy atom. The minimum Gasteiger partial charge on any atom is -0.355 e. The summed E-state index contributed by atoms with van der Waals surface area (Å²) in [5.41, 5.74) is 1.28. The Kier molecular flexibility index (Phi) is 7.42. The lowest BCUT2D eigenvalue weighted by Crippen LogP contribution is -2.37.